The van der Waals surface area contributed by atoms with Gasteiger partial charge in [-0.2, -0.15) is 0 Å². The summed E-state index contributed by atoms with van der Waals surface area (Å²) in [7, 11) is 0. The molecule has 2 aromatic carbocycles. The van der Waals surface area contributed by atoms with Crippen LogP contribution in [-0.4, -0.2) is 37.7 Å². The van der Waals surface area contributed by atoms with Gasteiger partial charge >= 0.3 is 0 Å². The van der Waals surface area contributed by atoms with Crippen molar-refractivity contribution in [2.75, 3.05) is 11.9 Å². The molecule has 1 heterocycles. The molecule has 0 bridgehead atoms. The van der Waals surface area contributed by atoms with Gasteiger partial charge in [0.05, 0.1) is 27.9 Å². The highest BCUT2D eigenvalue weighted by Crippen LogP contribution is 2.32. The lowest BCUT2D eigenvalue weighted by Gasteiger charge is -2.24. The number of nitro groups is 2. The van der Waals surface area contributed by atoms with E-state index in [4.69, 9.17) is 0 Å². The van der Waals surface area contributed by atoms with Gasteiger partial charge < -0.3 is 15.5 Å². The lowest BCUT2D eigenvalue weighted by Crippen LogP contribution is -2.31. The minimum absolute atomic E-state index is 0.106. The summed E-state index contributed by atoms with van der Waals surface area (Å²) in [5.74, 6) is 0. The third-order valence-electron chi connectivity index (χ3n) is 4.36. The zero-order valence-corrected chi connectivity index (χ0v) is 14.4. The molecule has 10 heteroatoms. The summed E-state index contributed by atoms with van der Waals surface area (Å²) in [4.78, 5) is 24.8. The molecule has 2 unspecified atom stereocenters. The Morgan fingerprint density at radius 2 is 1.71 bits per heavy atom. The Morgan fingerprint density at radius 3 is 2.32 bits per heavy atom. The number of non-ortho nitro benzene ring substituents is 2. The molecular formula is C18H16N4O6. The van der Waals surface area contributed by atoms with Gasteiger partial charge in [0.15, 0.2) is 0 Å². The van der Waals surface area contributed by atoms with Crippen molar-refractivity contribution in [3.8, 4) is 0 Å². The Hall–Kier alpha value is -3.63. The minimum Gasteiger partial charge on any atom is -0.394 e. The van der Waals surface area contributed by atoms with E-state index >= 15 is 0 Å². The average Bonchev–Trinajstić information content (AvgIpc) is 2.71. The number of hydrogen-bond donors (Lipinski definition) is 3. The van der Waals surface area contributed by atoms with Gasteiger partial charge in [0.1, 0.15) is 6.10 Å². The van der Waals surface area contributed by atoms with Crippen LogP contribution in [0, 0.1) is 20.2 Å². The standard InChI is InChI=1S/C18H16N4O6/c23-10-16(18(24)11-1-3-12(4-2-11)21(25)26)20-15-5-6-17(22(27)28)14-9-19-8-7-13(14)15/h1-9,16,18,20,23-24H,10H2. The number of hydrogen-bond acceptors (Lipinski definition) is 8. The maximum Gasteiger partial charge on any atom is 0.278 e. The van der Waals surface area contributed by atoms with Crippen molar-refractivity contribution in [1.29, 1.82) is 0 Å². The Kier molecular flexibility index (Phi) is 5.43. The van der Waals surface area contributed by atoms with E-state index in [0.29, 0.717) is 22.0 Å². The Bertz CT molecular complexity index is 1020. The quantitative estimate of drug-likeness (QED) is 0.415. The Balaban J connectivity index is 1.91. The maximum absolute atomic E-state index is 11.2. The molecule has 28 heavy (non-hydrogen) atoms. The summed E-state index contributed by atoms with van der Waals surface area (Å²) < 4.78 is 0. The first-order valence-electron chi connectivity index (χ1n) is 8.23. The third kappa shape index (κ3) is 3.72. The van der Waals surface area contributed by atoms with Crippen LogP contribution in [0.4, 0.5) is 17.1 Å². The van der Waals surface area contributed by atoms with E-state index in [9.17, 15) is 30.4 Å². The summed E-state index contributed by atoms with van der Waals surface area (Å²) in [6.07, 6.45) is 1.69. The smallest absolute Gasteiger partial charge is 0.278 e. The van der Waals surface area contributed by atoms with Crippen LogP contribution in [-0.2, 0) is 0 Å². The number of aliphatic hydroxyl groups excluding tert-OH is 2. The second kappa shape index (κ2) is 7.94. The van der Waals surface area contributed by atoms with Gasteiger partial charge in [-0.05, 0) is 29.8 Å². The molecule has 0 radical (unpaired) electrons. The monoisotopic (exact) mass is 384 g/mol. The molecule has 2 atom stereocenters. The molecule has 144 valence electrons. The normalized spacial score (nSPS) is 13.1. The van der Waals surface area contributed by atoms with Crippen molar-refractivity contribution in [3.63, 3.8) is 0 Å². The molecule has 0 amide bonds. The predicted octanol–water partition coefficient (Wildman–Crippen LogP) is 2.56. The van der Waals surface area contributed by atoms with Crippen LogP contribution < -0.4 is 5.32 Å². The topological polar surface area (TPSA) is 152 Å². The molecule has 0 aliphatic heterocycles. The Morgan fingerprint density at radius 1 is 1.00 bits per heavy atom. The largest absolute Gasteiger partial charge is 0.394 e. The summed E-state index contributed by atoms with van der Waals surface area (Å²) in [5.41, 5.74) is 0.636. The van der Waals surface area contributed by atoms with Gasteiger partial charge in [0.2, 0.25) is 0 Å². The molecule has 1 aromatic heterocycles. The van der Waals surface area contributed by atoms with Crippen molar-refractivity contribution >= 4 is 27.8 Å². The predicted molar refractivity (Wildman–Crippen MR) is 101 cm³/mol. The lowest BCUT2D eigenvalue weighted by molar-refractivity contribution is -0.384. The number of anilines is 1. The first-order valence-corrected chi connectivity index (χ1v) is 8.23. The zero-order chi connectivity index (χ0) is 20.3. The molecule has 3 aromatic rings. The van der Waals surface area contributed by atoms with Crippen LogP contribution in [0.5, 0.6) is 0 Å². The number of nitro benzene ring substituents is 2. The number of benzene rings is 2. The molecule has 0 saturated carbocycles. The fourth-order valence-electron chi connectivity index (χ4n) is 2.91. The SMILES string of the molecule is O=[N+]([O-])c1ccc(C(O)C(CO)Nc2ccc([N+](=O)[O-])c3cnccc23)cc1. The molecule has 0 spiro atoms. The summed E-state index contributed by atoms with van der Waals surface area (Å²) in [5, 5.41) is 46.1. The lowest BCUT2D eigenvalue weighted by atomic mass is 10.0. The van der Waals surface area contributed by atoms with Crippen LogP contribution in [0.3, 0.4) is 0 Å². The molecular weight excluding hydrogens is 368 g/mol. The highest BCUT2D eigenvalue weighted by Gasteiger charge is 2.23. The van der Waals surface area contributed by atoms with Gasteiger partial charge in [-0.1, -0.05) is 0 Å². The van der Waals surface area contributed by atoms with E-state index in [-0.39, 0.29) is 11.4 Å². The molecule has 10 nitrogen and oxygen atoms in total. The highest BCUT2D eigenvalue weighted by atomic mass is 16.6. The molecule has 0 aliphatic rings. The second-order valence-electron chi connectivity index (χ2n) is 6.04. The van der Waals surface area contributed by atoms with E-state index in [0.717, 1.165) is 0 Å². The summed E-state index contributed by atoms with van der Waals surface area (Å²) in [6, 6.07) is 8.90. The van der Waals surface area contributed by atoms with Gasteiger partial charge in [-0.25, -0.2) is 0 Å². The number of aliphatic hydroxyl groups is 2. The fourth-order valence-corrected chi connectivity index (χ4v) is 2.91. The number of aromatic nitrogens is 1. The van der Waals surface area contributed by atoms with Crippen molar-refractivity contribution in [2.45, 2.75) is 12.1 Å². The minimum atomic E-state index is -1.17. The van der Waals surface area contributed by atoms with Crippen molar-refractivity contribution in [2.24, 2.45) is 0 Å². The molecule has 3 rings (SSSR count). The number of nitrogens with zero attached hydrogens (tertiary/aromatic N) is 3. The van der Waals surface area contributed by atoms with Gasteiger partial charge in [0.25, 0.3) is 11.4 Å². The van der Waals surface area contributed by atoms with E-state index in [1.165, 1.54) is 48.8 Å². The summed E-state index contributed by atoms with van der Waals surface area (Å²) >= 11 is 0. The average molecular weight is 384 g/mol. The number of rotatable bonds is 7. The molecule has 0 aliphatic carbocycles. The van der Waals surface area contributed by atoms with Crippen LogP contribution >= 0.6 is 0 Å². The highest BCUT2D eigenvalue weighted by molar-refractivity contribution is 5.99. The van der Waals surface area contributed by atoms with Crippen LogP contribution in [0.15, 0.2) is 54.9 Å². The number of fused-ring (bicyclic) bond motifs is 1. The van der Waals surface area contributed by atoms with Crippen LogP contribution in [0.25, 0.3) is 10.8 Å². The van der Waals surface area contributed by atoms with Crippen molar-refractivity contribution in [3.05, 3.63) is 80.7 Å². The van der Waals surface area contributed by atoms with E-state index in [1.807, 2.05) is 0 Å². The van der Waals surface area contributed by atoms with Crippen LogP contribution in [0.1, 0.15) is 11.7 Å². The van der Waals surface area contributed by atoms with Crippen molar-refractivity contribution in [1.82, 2.24) is 4.98 Å². The second-order valence-corrected chi connectivity index (χ2v) is 6.04. The Labute approximate surface area is 158 Å². The zero-order valence-electron chi connectivity index (χ0n) is 14.4. The van der Waals surface area contributed by atoms with Crippen LogP contribution in [0.2, 0.25) is 0 Å². The first kappa shape index (κ1) is 19.1. The maximum atomic E-state index is 11.2. The van der Waals surface area contributed by atoms with Gasteiger partial charge in [-0.15, -0.1) is 0 Å². The number of pyridine rings is 1. The van der Waals surface area contributed by atoms with Gasteiger partial charge in [0, 0.05) is 41.7 Å². The molecule has 0 saturated heterocycles. The molecule has 3 N–H and O–H groups in total. The number of nitrogens with one attached hydrogen (secondary N) is 1. The first-order chi connectivity index (χ1) is 13.4. The third-order valence-corrected chi connectivity index (χ3v) is 4.36. The van der Waals surface area contributed by atoms with E-state index < -0.39 is 28.6 Å². The van der Waals surface area contributed by atoms with Gasteiger partial charge in [-0.3, -0.25) is 25.2 Å². The van der Waals surface area contributed by atoms with E-state index in [1.54, 1.807) is 6.07 Å². The summed E-state index contributed by atoms with van der Waals surface area (Å²) in [6.45, 7) is -0.443. The van der Waals surface area contributed by atoms with E-state index in [2.05, 4.69) is 10.3 Å². The molecule has 0 fully saturated rings. The fraction of sp³-hybridized carbons (Fsp3) is 0.167. The van der Waals surface area contributed by atoms with Crippen molar-refractivity contribution < 1.29 is 20.1 Å².